The van der Waals surface area contributed by atoms with Crippen LogP contribution in [0.15, 0.2) is 42.5 Å². The number of aryl methyl sites for hydroxylation is 1. The Hall–Kier alpha value is -2.11. The van der Waals surface area contributed by atoms with Gasteiger partial charge in [-0.3, -0.25) is 0 Å². The van der Waals surface area contributed by atoms with Crippen molar-refractivity contribution >= 4 is 29.2 Å². The molecular formula is C16H13Cl2N5. The monoisotopic (exact) mass is 345 g/mol. The topological polar surface area (TPSA) is 55.6 Å². The fourth-order valence-electron chi connectivity index (χ4n) is 2.96. The van der Waals surface area contributed by atoms with Crippen LogP contribution in [0.5, 0.6) is 0 Å². The molecule has 23 heavy (non-hydrogen) atoms. The Morgan fingerprint density at radius 2 is 1.96 bits per heavy atom. The van der Waals surface area contributed by atoms with Crippen molar-refractivity contribution < 1.29 is 0 Å². The molecule has 1 aliphatic rings. The van der Waals surface area contributed by atoms with Gasteiger partial charge in [0, 0.05) is 0 Å². The molecule has 0 amide bonds. The van der Waals surface area contributed by atoms with Gasteiger partial charge in [-0.15, -0.1) is 0 Å². The molecule has 3 aromatic rings. The van der Waals surface area contributed by atoms with Crippen molar-refractivity contribution in [3.8, 4) is 5.69 Å². The van der Waals surface area contributed by atoms with Gasteiger partial charge in [-0.05, 0) is 46.5 Å². The van der Waals surface area contributed by atoms with Crippen LogP contribution in [0.2, 0.25) is 10.0 Å². The summed E-state index contributed by atoms with van der Waals surface area (Å²) in [6.45, 7) is 0. The number of nitrogens with zero attached hydrogens (tertiary/aromatic N) is 4. The third kappa shape index (κ3) is 2.56. The average molecular weight is 346 g/mol. The summed E-state index contributed by atoms with van der Waals surface area (Å²) in [4.78, 5) is 0. The minimum Gasteiger partial charge on any atom is -0.346 e. The Bertz CT molecular complexity index is 861. The van der Waals surface area contributed by atoms with Gasteiger partial charge in [0.1, 0.15) is 0 Å². The summed E-state index contributed by atoms with van der Waals surface area (Å²) in [6, 6.07) is 14.0. The summed E-state index contributed by atoms with van der Waals surface area (Å²) >= 11 is 12.4. The van der Waals surface area contributed by atoms with Gasteiger partial charge in [0.2, 0.25) is 5.95 Å². The van der Waals surface area contributed by atoms with Gasteiger partial charge in [-0.2, -0.15) is 4.68 Å². The maximum absolute atomic E-state index is 6.28. The van der Waals surface area contributed by atoms with Gasteiger partial charge in [-0.25, -0.2) is 0 Å². The smallest absolute Gasteiger partial charge is 0.248 e. The molecule has 0 spiro atoms. The normalized spacial score (nSPS) is 16.3. The van der Waals surface area contributed by atoms with Crippen LogP contribution in [0, 0.1) is 0 Å². The zero-order valence-electron chi connectivity index (χ0n) is 12.1. The fourth-order valence-corrected chi connectivity index (χ4v) is 3.33. The Labute approximate surface area is 143 Å². The number of aromatic nitrogens is 4. The van der Waals surface area contributed by atoms with E-state index in [0.29, 0.717) is 21.7 Å². The van der Waals surface area contributed by atoms with Crippen molar-refractivity contribution in [1.82, 2.24) is 20.2 Å². The van der Waals surface area contributed by atoms with Crippen LogP contribution in [0.1, 0.15) is 23.6 Å². The molecule has 0 unspecified atom stereocenters. The molecule has 1 heterocycles. The third-order valence-electron chi connectivity index (χ3n) is 4.07. The molecule has 0 aliphatic heterocycles. The number of fused-ring (bicyclic) bond motifs is 1. The maximum atomic E-state index is 6.28. The fraction of sp³-hybridized carbons (Fsp3) is 0.188. The van der Waals surface area contributed by atoms with Crippen LogP contribution in [-0.4, -0.2) is 20.2 Å². The van der Waals surface area contributed by atoms with E-state index in [4.69, 9.17) is 23.2 Å². The Balaban J connectivity index is 1.68. The second kappa shape index (κ2) is 5.83. The summed E-state index contributed by atoms with van der Waals surface area (Å²) in [5.41, 5.74) is 3.31. The summed E-state index contributed by atoms with van der Waals surface area (Å²) in [6.07, 6.45) is 2.06. The van der Waals surface area contributed by atoms with Gasteiger partial charge >= 0.3 is 0 Å². The molecule has 116 valence electrons. The van der Waals surface area contributed by atoms with E-state index < -0.39 is 0 Å². The molecule has 5 nitrogen and oxygen atoms in total. The molecule has 7 heteroatoms. The molecule has 4 rings (SSSR count). The first-order chi connectivity index (χ1) is 11.2. The van der Waals surface area contributed by atoms with E-state index >= 15 is 0 Å². The van der Waals surface area contributed by atoms with Crippen molar-refractivity contribution in [2.45, 2.75) is 18.9 Å². The lowest BCUT2D eigenvalue weighted by atomic mass is 10.1. The van der Waals surface area contributed by atoms with E-state index in [1.54, 1.807) is 10.7 Å². The van der Waals surface area contributed by atoms with E-state index in [2.05, 4.69) is 45.1 Å². The first-order valence-electron chi connectivity index (χ1n) is 7.31. The quantitative estimate of drug-likeness (QED) is 0.777. The molecule has 0 saturated carbocycles. The molecule has 1 aliphatic carbocycles. The number of halogens is 2. The van der Waals surface area contributed by atoms with Gasteiger partial charge in [0.05, 0.1) is 21.8 Å². The molecule has 0 fully saturated rings. The number of rotatable bonds is 3. The maximum Gasteiger partial charge on any atom is 0.248 e. The second-order valence-corrected chi connectivity index (χ2v) is 6.21. The first-order valence-corrected chi connectivity index (χ1v) is 8.07. The van der Waals surface area contributed by atoms with E-state index in [0.717, 1.165) is 12.8 Å². The molecule has 2 aromatic carbocycles. The molecule has 1 aromatic heterocycles. The zero-order valence-corrected chi connectivity index (χ0v) is 13.6. The van der Waals surface area contributed by atoms with E-state index in [9.17, 15) is 0 Å². The largest absolute Gasteiger partial charge is 0.346 e. The predicted octanol–water partition coefficient (Wildman–Crippen LogP) is 4.07. The molecule has 1 atom stereocenters. The van der Waals surface area contributed by atoms with E-state index in [1.165, 1.54) is 11.1 Å². The van der Waals surface area contributed by atoms with E-state index in [-0.39, 0.29) is 6.04 Å². The highest BCUT2D eigenvalue weighted by Crippen LogP contribution is 2.34. The first kappa shape index (κ1) is 14.5. The highest BCUT2D eigenvalue weighted by Gasteiger charge is 2.24. The summed E-state index contributed by atoms with van der Waals surface area (Å²) in [5, 5.41) is 16.2. The van der Waals surface area contributed by atoms with Crippen molar-refractivity contribution in [3.05, 3.63) is 63.6 Å². The number of hydrogen-bond acceptors (Lipinski definition) is 4. The van der Waals surface area contributed by atoms with Crippen molar-refractivity contribution in [2.24, 2.45) is 0 Å². The summed E-state index contributed by atoms with van der Waals surface area (Å²) < 4.78 is 1.58. The van der Waals surface area contributed by atoms with Crippen LogP contribution in [0.25, 0.3) is 5.69 Å². The minimum absolute atomic E-state index is 0.189. The molecule has 1 N–H and O–H groups in total. The predicted molar refractivity (Wildman–Crippen MR) is 90.3 cm³/mol. The van der Waals surface area contributed by atoms with Crippen LogP contribution < -0.4 is 5.32 Å². The molecule has 0 saturated heterocycles. The van der Waals surface area contributed by atoms with Crippen LogP contribution in [0.3, 0.4) is 0 Å². The standard InChI is InChI=1S/C16H13Cl2N5/c17-12-6-3-7-14(15(12)18)23-16(20-21-22-23)19-13-9-8-10-4-1-2-5-11(10)13/h1-7,13H,8-9H2,(H,19,20,22)/t13-/m0/s1. The lowest BCUT2D eigenvalue weighted by molar-refractivity contribution is 0.737. The number of nitrogens with one attached hydrogen (secondary N) is 1. The van der Waals surface area contributed by atoms with Crippen molar-refractivity contribution in [1.29, 1.82) is 0 Å². The highest BCUT2D eigenvalue weighted by molar-refractivity contribution is 6.43. The van der Waals surface area contributed by atoms with Gasteiger partial charge in [-0.1, -0.05) is 58.6 Å². The number of anilines is 1. The van der Waals surface area contributed by atoms with Crippen LogP contribution in [-0.2, 0) is 6.42 Å². The Morgan fingerprint density at radius 1 is 1.09 bits per heavy atom. The number of tetrazole rings is 1. The molecule has 0 bridgehead atoms. The van der Waals surface area contributed by atoms with Crippen molar-refractivity contribution in [3.63, 3.8) is 0 Å². The lowest BCUT2D eigenvalue weighted by Gasteiger charge is -2.15. The SMILES string of the molecule is Clc1cccc(-n2nnnc2N[C@H]2CCc3ccccc32)c1Cl. The highest BCUT2D eigenvalue weighted by atomic mass is 35.5. The lowest BCUT2D eigenvalue weighted by Crippen LogP contribution is -2.12. The van der Waals surface area contributed by atoms with E-state index in [1.807, 2.05) is 12.1 Å². The zero-order chi connectivity index (χ0) is 15.8. The summed E-state index contributed by atoms with van der Waals surface area (Å²) in [7, 11) is 0. The Kier molecular flexibility index (Phi) is 3.67. The van der Waals surface area contributed by atoms with Crippen molar-refractivity contribution in [2.75, 3.05) is 5.32 Å². The molecule has 0 radical (unpaired) electrons. The van der Waals surface area contributed by atoms with Gasteiger partial charge in [0.25, 0.3) is 0 Å². The van der Waals surface area contributed by atoms with Crippen LogP contribution >= 0.6 is 23.2 Å². The summed E-state index contributed by atoms with van der Waals surface area (Å²) in [5.74, 6) is 0.552. The van der Waals surface area contributed by atoms with Gasteiger partial charge in [0.15, 0.2) is 0 Å². The third-order valence-corrected chi connectivity index (χ3v) is 4.87. The number of hydrogen-bond donors (Lipinski definition) is 1. The van der Waals surface area contributed by atoms with Crippen LogP contribution in [0.4, 0.5) is 5.95 Å². The Morgan fingerprint density at radius 3 is 2.87 bits per heavy atom. The number of benzene rings is 2. The molecular weight excluding hydrogens is 333 g/mol. The van der Waals surface area contributed by atoms with Gasteiger partial charge < -0.3 is 5.32 Å². The minimum atomic E-state index is 0.189. The average Bonchev–Trinajstić information content (AvgIpc) is 3.18. The second-order valence-electron chi connectivity index (χ2n) is 5.42.